The van der Waals surface area contributed by atoms with E-state index in [0.29, 0.717) is 16.5 Å². The summed E-state index contributed by atoms with van der Waals surface area (Å²) in [5, 5.41) is 6.48. The SMILES string of the molecule is CC(NC(=O)CN1C(=O)NC2(CCCCC2C)C1=O)c1ccc(Cl)c(Cl)c1. The maximum Gasteiger partial charge on any atom is 0.325 e. The van der Waals surface area contributed by atoms with Crippen LogP contribution in [0.25, 0.3) is 0 Å². The van der Waals surface area contributed by atoms with E-state index in [1.807, 2.05) is 6.92 Å². The van der Waals surface area contributed by atoms with E-state index < -0.39 is 17.5 Å². The fourth-order valence-corrected chi connectivity index (χ4v) is 4.24. The lowest BCUT2D eigenvalue weighted by molar-refractivity contribution is -0.137. The first-order chi connectivity index (χ1) is 12.7. The van der Waals surface area contributed by atoms with Gasteiger partial charge in [0.1, 0.15) is 12.1 Å². The minimum absolute atomic E-state index is 0.0610. The summed E-state index contributed by atoms with van der Waals surface area (Å²) in [5.74, 6) is -0.638. The van der Waals surface area contributed by atoms with Gasteiger partial charge in [0.05, 0.1) is 16.1 Å². The predicted molar refractivity (Wildman–Crippen MR) is 104 cm³/mol. The van der Waals surface area contributed by atoms with E-state index >= 15 is 0 Å². The van der Waals surface area contributed by atoms with E-state index in [-0.39, 0.29) is 24.4 Å². The normalized spacial score (nSPS) is 26.2. The van der Waals surface area contributed by atoms with E-state index in [9.17, 15) is 14.4 Å². The molecule has 1 aromatic carbocycles. The highest BCUT2D eigenvalue weighted by Gasteiger charge is 2.55. The van der Waals surface area contributed by atoms with Crippen molar-refractivity contribution in [3.05, 3.63) is 33.8 Å². The Morgan fingerprint density at radius 1 is 1.33 bits per heavy atom. The number of carbonyl (C=O) groups is 3. The van der Waals surface area contributed by atoms with E-state index in [1.165, 1.54) is 0 Å². The second-order valence-electron chi connectivity index (χ2n) is 7.40. The molecule has 2 aliphatic rings. The van der Waals surface area contributed by atoms with Crippen molar-refractivity contribution in [3.63, 3.8) is 0 Å². The van der Waals surface area contributed by atoms with Crippen LogP contribution in [0.4, 0.5) is 4.79 Å². The summed E-state index contributed by atoms with van der Waals surface area (Å²) in [6.07, 6.45) is 3.45. The molecule has 146 valence electrons. The maximum absolute atomic E-state index is 12.9. The van der Waals surface area contributed by atoms with Crippen LogP contribution in [0.3, 0.4) is 0 Å². The first-order valence-corrected chi connectivity index (χ1v) is 9.88. The van der Waals surface area contributed by atoms with Crippen molar-refractivity contribution in [3.8, 4) is 0 Å². The zero-order chi connectivity index (χ0) is 19.8. The van der Waals surface area contributed by atoms with Gasteiger partial charge in [-0.25, -0.2) is 4.79 Å². The van der Waals surface area contributed by atoms with Crippen LogP contribution in [-0.2, 0) is 9.59 Å². The van der Waals surface area contributed by atoms with Crippen molar-refractivity contribution in [2.75, 3.05) is 6.54 Å². The maximum atomic E-state index is 12.9. The molecule has 1 saturated carbocycles. The average molecular weight is 412 g/mol. The molecule has 3 atom stereocenters. The van der Waals surface area contributed by atoms with Gasteiger partial charge >= 0.3 is 6.03 Å². The Morgan fingerprint density at radius 3 is 2.74 bits per heavy atom. The number of imide groups is 1. The third-order valence-corrected chi connectivity index (χ3v) is 6.36. The van der Waals surface area contributed by atoms with Gasteiger partial charge in [0, 0.05) is 0 Å². The first-order valence-electron chi connectivity index (χ1n) is 9.13. The van der Waals surface area contributed by atoms with Crippen molar-refractivity contribution in [2.45, 2.75) is 51.1 Å². The molecule has 1 saturated heterocycles. The number of carbonyl (C=O) groups excluding carboxylic acids is 3. The van der Waals surface area contributed by atoms with Crippen molar-refractivity contribution in [1.82, 2.24) is 15.5 Å². The van der Waals surface area contributed by atoms with Crippen molar-refractivity contribution in [2.24, 2.45) is 5.92 Å². The van der Waals surface area contributed by atoms with Crippen LogP contribution >= 0.6 is 23.2 Å². The fraction of sp³-hybridized carbons (Fsp3) is 0.526. The Balaban J connectivity index is 1.66. The van der Waals surface area contributed by atoms with Gasteiger partial charge in [0.25, 0.3) is 5.91 Å². The second kappa shape index (κ2) is 7.68. The molecule has 2 fully saturated rings. The van der Waals surface area contributed by atoms with E-state index in [2.05, 4.69) is 10.6 Å². The summed E-state index contributed by atoms with van der Waals surface area (Å²) in [7, 11) is 0. The van der Waals surface area contributed by atoms with E-state index in [4.69, 9.17) is 23.2 Å². The largest absolute Gasteiger partial charge is 0.348 e. The molecule has 6 nitrogen and oxygen atoms in total. The van der Waals surface area contributed by atoms with Gasteiger partial charge in [-0.05, 0) is 43.4 Å². The number of rotatable bonds is 4. The molecule has 0 bridgehead atoms. The monoisotopic (exact) mass is 411 g/mol. The molecule has 8 heteroatoms. The standard InChI is InChI=1S/C19H23Cl2N3O3/c1-11-5-3-4-8-19(11)17(26)24(18(27)23-19)10-16(25)22-12(2)13-6-7-14(20)15(21)9-13/h6-7,9,11-12H,3-5,8,10H2,1-2H3,(H,22,25)(H,23,27). The van der Waals surface area contributed by atoms with Crippen LogP contribution in [-0.4, -0.2) is 34.8 Å². The van der Waals surface area contributed by atoms with Crippen LogP contribution < -0.4 is 10.6 Å². The van der Waals surface area contributed by atoms with Gasteiger partial charge in [-0.1, -0.05) is 49.0 Å². The molecule has 1 aromatic rings. The van der Waals surface area contributed by atoms with Crippen LogP contribution in [0, 0.1) is 5.92 Å². The summed E-state index contributed by atoms with van der Waals surface area (Å²) in [4.78, 5) is 38.7. The molecule has 2 N–H and O–H groups in total. The Morgan fingerprint density at radius 2 is 2.07 bits per heavy atom. The Bertz CT molecular complexity index is 785. The molecular formula is C19H23Cl2N3O3. The fourth-order valence-electron chi connectivity index (χ4n) is 3.93. The van der Waals surface area contributed by atoms with E-state index in [1.54, 1.807) is 25.1 Å². The molecule has 1 spiro atoms. The molecule has 0 radical (unpaired) electrons. The summed E-state index contributed by atoms with van der Waals surface area (Å²) < 4.78 is 0. The molecule has 0 aromatic heterocycles. The Labute approximate surface area is 168 Å². The number of nitrogens with one attached hydrogen (secondary N) is 2. The minimum Gasteiger partial charge on any atom is -0.348 e. The lowest BCUT2D eigenvalue weighted by Gasteiger charge is -2.36. The van der Waals surface area contributed by atoms with Crippen LogP contribution in [0.15, 0.2) is 18.2 Å². The van der Waals surface area contributed by atoms with Gasteiger partial charge in [-0.2, -0.15) is 0 Å². The second-order valence-corrected chi connectivity index (χ2v) is 8.22. The number of hydrogen-bond donors (Lipinski definition) is 2. The Kier molecular flexibility index (Phi) is 5.68. The first kappa shape index (κ1) is 20.0. The van der Waals surface area contributed by atoms with Gasteiger partial charge in [-0.3, -0.25) is 14.5 Å². The van der Waals surface area contributed by atoms with Crippen molar-refractivity contribution in [1.29, 1.82) is 0 Å². The highest BCUT2D eigenvalue weighted by molar-refractivity contribution is 6.42. The minimum atomic E-state index is -0.856. The molecule has 3 unspecified atom stereocenters. The molecule has 3 rings (SSSR count). The molecule has 1 aliphatic carbocycles. The Hall–Kier alpha value is -1.79. The number of urea groups is 1. The number of benzene rings is 1. The van der Waals surface area contributed by atoms with Crippen LogP contribution in [0.5, 0.6) is 0 Å². The number of halogens is 2. The lowest BCUT2D eigenvalue weighted by Crippen LogP contribution is -2.54. The van der Waals surface area contributed by atoms with Gasteiger partial charge in [0.15, 0.2) is 0 Å². The summed E-state index contributed by atoms with van der Waals surface area (Å²) in [6, 6.07) is 4.28. The molecule has 1 heterocycles. The zero-order valence-electron chi connectivity index (χ0n) is 15.4. The quantitative estimate of drug-likeness (QED) is 0.741. The number of hydrogen-bond acceptors (Lipinski definition) is 3. The molecular weight excluding hydrogens is 389 g/mol. The summed E-state index contributed by atoms with van der Waals surface area (Å²) in [5.41, 5.74) is -0.0717. The smallest absolute Gasteiger partial charge is 0.325 e. The van der Waals surface area contributed by atoms with Crippen LogP contribution in [0.1, 0.15) is 51.1 Å². The average Bonchev–Trinajstić information content (AvgIpc) is 2.85. The molecule has 4 amide bonds. The predicted octanol–water partition coefficient (Wildman–Crippen LogP) is 3.67. The van der Waals surface area contributed by atoms with Crippen LogP contribution in [0.2, 0.25) is 10.0 Å². The van der Waals surface area contributed by atoms with Gasteiger partial charge in [-0.15, -0.1) is 0 Å². The van der Waals surface area contributed by atoms with Gasteiger partial charge < -0.3 is 10.6 Å². The third kappa shape index (κ3) is 3.78. The summed E-state index contributed by atoms with van der Waals surface area (Å²) in [6.45, 7) is 3.48. The number of amides is 4. The third-order valence-electron chi connectivity index (χ3n) is 5.62. The molecule has 27 heavy (non-hydrogen) atoms. The van der Waals surface area contributed by atoms with Gasteiger partial charge in [0.2, 0.25) is 5.91 Å². The van der Waals surface area contributed by atoms with Crippen molar-refractivity contribution >= 4 is 41.0 Å². The molecule has 1 aliphatic heterocycles. The number of nitrogens with zero attached hydrogens (tertiary/aromatic N) is 1. The topological polar surface area (TPSA) is 78.5 Å². The zero-order valence-corrected chi connectivity index (χ0v) is 16.9. The summed E-state index contributed by atoms with van der Waals surface area (Å²) >= 11 is 11.9. The lowest BCUT2D eigenvalue weighted by atomic mass is 9.73. The van der Waals surface area contributed by atoms with Crippen molar-refractivity contribution < 1.29 is 14.4 Å². The highest BCUT2D eigenvalue weighted by atomic mass is 35.5. The van der Waals surface area contributed by atoms with E-state index in [0.717, 1.165) is 29.7 Å². The highest BCUT2D eigenvalue weighted by Crippen LogP contribution is 2.38.